The Balaban J connectivity index is 1.12. The van der Waals surface area contributed by atoms with E-state index in [1.807, 2.05) is 6.07 Å². The summed E-state index contributed by atoms with van der Waals surface area (Å²) in [6.45, 7) is 8.50. The van der Waals surface area contributed by atoms with E-state index in [1.165, 1.54) is 0 Å². The highest BCUT2D eigenvalue weighted by molar-refractivity contribution is 6.33. The van der Waals surface area contributed by atoms with Gasteiger partial charge in [0.15, 0.2) is 0 Å². The van der Waals surface area contributed by atoms with Gasteiger partial charge in [0.25, 0.3) is 6.43 Å². The van der Waals surface area contributed by atoms with Crippen LogP contribution >= 0.6 is 11.6 Å². The van der Waals surface area contributed by atoms with E-state index < -0.39 is 6.43 Å². The average Bonchev–Trinajstić information content (AvgIpc) is 3.11. The molecule has 1 aliphatic carbocycles. The third-order valence-electron chi connectivity index (χ3n) is 6.94. The maximum Gasteiger partial charge on any atom is 0.280 e. The van der Waals surface area contributed by atoms with Gasteiger partial charge < -0.3 is 10.2 Å². The molecule has 4 heterocycles. The number of fused-ring (bicyclic) bond motifs is 1. The van der Waals surface area contributed by atoms with Gasteiger partial charge in [-0.1, -0.05) is 18.2 Å². The van der Waals surface area contributed by atoms with Gasteiger partial charge >= 0.3 is 0 Å². The highest BCUT2D eigenvalue weighted by Crippen LogP contribution is 2.49. The number of likely N-dealkylation sites (tertiary alicyclic amines) is 1. The summed E-state index contributed by atoms with van der Waals surface area (Å²) in [5.41, 5.74) is 8.72. The Hall–Kier alpha value is -2.67. The summed E-state index contributed by atoms with van der Waals surface area (Å²) < 4.78 is 29.3. The molecular formula is C24H27ClF2N6. The number of imidazole rings is 1. The third-order valence-corrected chi connectivity index (χ3v) is 7.37. The second kappa shape index (κ2) is 8.60. The maximum absolute atomic E-state index is 13.9. The monoisotopic (exact) mass is 472 g/mol. The Morgan fingerprint density at radius 3 is 2.88 bits per heavy atom. The van der Waals surface area contributed by atoms with Crippen molar-refractivity contribution in [2.75, 3.05) is 25.0 Å². The first kappa shape index (κ1) is 22.1. The number of nitrogens with zero attached hydrogens (tertiary/aromatic N) is 4. The van der Waals surface area contributed by atoms with E-state index in [0.29, 0.717) is 33.2 Å². The van der Waals surface area contributed by atoms with Crippen LogP contribution in [0.15, 0.2) is 52.0 Å². The molecule has 0 atom stereocenters. The van der Waals surface area contributed by atoms with Crippen molar-refractivity contribution in [3.8, 4) is 0 Å². The molecule has 2 N–H and O–H groups in total. The van der Waals surface area contributed by atoms with Gasteiger partial charge in [-0.2, -0.15) is 5.10 Å². The van der Waals surface area contributed by atoms with E-state index in [1.54, 1.807) is 29.8 Å². The summed E-state index contributed by atoms with van der Waals surface area (Å²) in [6.07, 6.45) is 4.70. The Kier molecular flexibility index (Phi) is 5.77. The van der Waals surface area contributed by atoms with Crippen molar-refractivity contribution in [1.82, 2.24) is 19.7 Å². The molecular weight excluding hydrogens is 446 g/mol. The molecule has 0 aromatic carbocycles. The molecule has 2 fully saturated rings. The zero-order valence-corrected chi connectivity index (χ0v) is 19.3. The van der Waals surface area contributed by atoms with Gasteiger partial charge in [-0.05, 0) is 62.3 Å². The average molecular weight is 473 g/mol. The number of halogens is 3. The SMILES string of the molecule is C=C=C1NN=CC(CCCN2CC3(CC(Nc4ccc5cnc(C)n5c4C(F)F)C3)C2)=C1Cl. The lowest BCUT2D eigenvalue weighted by Gasteiger charge is -2.59. The van der Waals surface area contributed by atoms with E-state index in [4.69, 9.17) is 11.6 Å². The number of rotatable bonds is 7. The van der Waals surface area contributed by atoms with Gasteiger partial charge in [0.2, 0.25) is 0 Å². The number of hydrazone groups is 1. The van der Waals surface area contributed by atoms with Crippen LogP contribution in [0.25, 0.3) is 5.52 Å². The van der Waals surface area contributed by atoms with Gasteiger partial charge in [-0.3, -0.25) is 9.83 Å². The van der Waals surface area contributed by atoms with E-state index in [0.717, 1.165) is 50.9 Å². The van der Waals surface area contributed by atoms with Gasteiger partial charge in [0.1, 0.15) is 17.2 Å². The summed E-state index contributed by atoms with van der Waals surface area (Å²) in [6, 6.07) is 3.83. The smallest absolute Gasteiger partial charge is 0.280 e. The third kappa shape index (κ3) is 4.07. The van der Waals surface area contributed by atoms with Crippen molar-refractivity contribution < 1.29 is 8.78 Å². The van der Waals surface area contributed by atoms with Crippen LogP contribution in [0.1, 0.15) is 43.6 Å². The highest BCUT2D eigenvalue weighted by atomic mass is 35.5. The Labute approximate surface area is 196 Å². The topological polar surface area (TPSA) is 57.0 Å². The van der Waals surface area contributed by atoms with Gasteiger partial charge in [0, 0.05) is 19.1 Å². The first-order valence-electron chi connectivity index (χ1n) is 11.2. The van der Waals surface area contributed by atoms with E-state index in [-0.39, 0.29) is 11.7 Å². The molecule has 9 heteroatoms. The quantitative estimate of drug-likeness (QED) is 0.557. The van der Waals surface area contributed by atoms with Crippen LogP contribution in [0.4, 0.5) is 14.5 Å². The van der Waals surface area contributed by atoms with Crippen molar-refractivity contribution >= 4 is 29.0 Å². The van der Waals surface area contributed by atoms with Crippen molar-refractivity contribution in [1.29, 1.82) is 0 Å². The Morgan fingerprint density at radius 2 is 2.15 bits per heavy atom. The van der Waals surface area contributed by atoms with Crippen molar-refractivity contribution in [2.24, 2.45) is 10.5 Å². The van der Waals surface area contributed by atoms with Gasteiger partial charge in [0.05, 0.1) is 28.6 Å². The number of pyridine rings is 1. The molecule has 2 aromatic heterocycles. The second-order valence-electron chi connectivity index (χ2n) is 9.32. The second-order valence-corrected chi connectivity index (χ2v) is 9.70. The summed E-state index contributed by atoms with van der Waals surface area (Å²) in [5.74, 6) is 0.577. The Bertz CT molecular complexity index is 1180. The number of alkyl halides is 2. The molecule has 0 bridgehead atoms. The molecule has 1 saturated heterocycles. The minimum Gasteiger partial charge on any atom is -0.381 e. The summed E-state index contributed by atoms with van der Waals surface area (Å²) >= 11 is 6.35. The van der Waals surface area contributed by atoms with Crippen LogP contribution < -0.4 is 10.7 Å². The lowest BCUT2D eigenvalue weighted by molar-refractivity contribution is -0.0665. The molecule has 5 rings (SSSR count). The van der Waals surface area contributed by atoms with Crippen LogP contribution in [0.5, 0.6) is 0 Å². The van der Waals surface area contributed by atoms with E-state index >= 15 is 0 Å². The molecule has 3 aliphatic rings. The fourth-order valence-corrected chi connectivity index (χ4v) is 5.71. The number of aryl methyl sites for hydroxylation is 1. The highest BCUT2D eigenvalue weighted by Gasteiger charge is 2.52. The van der Waals surface area contributed by atoms with Crippen LogP contribution in [0, 0.1) is 12.3 Å². The number of hydrogen-bond donors (Lipinski definition) is 2. The first-order valence-corrected chi connectivity index (χ1v) is 11.6. The van der Waals surface area contributed by atoms with Crippen LogP contribution in [0.2, 0.25) is 0 Å². The molecule has 1 saturated carbocycles. The summed E-state index contributed by atoms with van der Waals surface area (Å²) in [4.78, 5) is 6.64. The lowest BCUT2D eigenvalue weighted by Crippen LogP contribution is -2.64. The number of aromatic nitrogens is 2. The Morgan fingerprint density at radius 1 is 1.36 bits per heavy atom. The van der Waals surface area contributed by atoms with Crippen LogP contribution in [0.3, 0.4) is 0 Å². The minimum absolute atomic E-state index is 0.00237. The molecule has 0 radical (unpaired) electrons. The van der Waals surface area contributed by atoms with Crippen molar-refractivity contribution in [2.45, 2.75) is 45.1 Å². The fraction of sp³-hybridized carbons (Fsp3) is 0.458. The van der Waals surface area contributed by atoms with E-state index in [2.05, 4.69) is 38.0 Å². The summed E-state index contributed by atoms with van der Waals surface area (Å²) in [7, 11) is 0. The minimum atomic E-state index is -2.57. The molecule has 2 aliphatic heterocycles. The predicted octanol–water partition coefficient (Wildman–Crippen LogP) is 4.99. The number of hydrogen-bond acceptors (Lipinski definition) is 5. The molecule has 1 spiro atoms. The zero-order valence-electron chi connectivity index (χ0n) is 18.5. The van der Waals surface area contributed by atoms with Gasteiger partial charge in [-0.25, -0.2) is 13.8 Å². The molecule has 0 amide bonds. The standard InChI is InChI=1S/C24H27ClF2N6/c1-3-19-21(25)16(11-29-31-19)5-4-8-32-13-24(14-32)9-17(10-24)30-20-7-6-18-12-28-15(2)33(18)22(20)23(26)27/h6-7,11-12,17,23,30-31H,1,4-5,8-10,13-14H2,2H3. The first-order chi connectivity index (χ1) is 15.9. The molecule has 33 heavy (non-hydrogen) atoms. The molecule has 2 aromatic rings. The predicted molar refractivity (Wildman–Crippen MR) is 127 cm³/mol. The number of allylic oxidation sites excluding steroid dienone is 2. The number of anilines is 1. The lowest BCUT2D eigenvalue weighted by atomic mass is 9.60. The zero-order chi connectivity index (χ0) is 23.2. The van der Waals surface area contributed by atoms with Crippen molar-refractivity contribution in [3.63, 3.8) is 0 Å². The molecule has 174 valence electrons. The molecule has 0 unspecified atom stereocenters. The summed E-state index contributed by atoms with van der Waals surface area (Å²) in [5, 5.41) is 8.10. The van der Waals surface area contributed by atoms with E-state index in [9.17, 15) is 8.78 Å². The number of nitrogens with one attached hydrogen (secondary N) is 2. The van der Waals surface area contributed by atoms with Crippen molar-refractivity contribution in [3.05, 3.63) is 58.5 Å². The normalized spacial score (nSPS) is 20.2. The van der Waals surface area contributed by atoms with Crippen LogP contribution in [-0.4, -0.2) is 46.2 Å². The molecule has 6 nitrogen and oxygen atoms in total. The maximum atomic E-state index is 13.9. The largest absolute Gasteiger partial charge is 0.381 e. The fourth-order valence-electron chi connectivity index (χ4n) is 5.46. The van der Waals surface area contributed by atoms with Gasteiger partial charge in [-0.15, -0.1) is 5.73 Å². The van der Waals surface area contributed by atoms with Crippen LogP contribution in [-0.2, 0) is 0 Å².